The van der Waals surface area contributed by atoms with E-state index in [1.807, 2.05) is 6.92 Å². The van der Waals surface area contributed by atoms with Gasteiger partial charge in [0.25, 0.3) is 0 Å². The molecule has 3 aliphatic heterocycles. The highest BCUT2D eigenvalue weighted by molar-refractivity contribution is 6.02. The lowest BCUT2D eigenvalue weighted by atomic mass is 9.70. The van der Waals surface area contributed by atoms with Crippen LogP contribution in [0.1, 0.15) is 58.8 Å². The number of carbonyl (C=O) groups is 3. The van der Waals surface area contributed by atoms with Crippen molar-refractivity contribution in [3.63, 3.8) is 0 Å². The number of anilines is 1. The average Bonchev–Trinajstić information content (AvgIpc) is 3.51. The van der Waals surface area contributed by atoms with Crippen molar-refractivity contribution in [3.05, 3.63) is 24.3 Å². The molecule has 2 unspecified atom stereocenters. The summed E-state index contributed by atoms with van der Waals surface area (Å²) in [6.45, 7) is 5.50. The second-order valence-corrected chi connectivity index (χ2v) is 9.96. The van der Waals surface area contributed by atoms with E-state index in [1.165, 1.54) is 0 Å². The van der Waals surface area contributed by atoms with Gasteiger partial charge in [-0.15, -0.1) is 0 Å². The lowest BCUT2D eigenvalue weighted by Gasteiger charge is -2.33. The van der Waals surface area contributed by atoms with Gasteiger partial charge < -0.3 is 30.1 Å². The molecule has 0 saturated carbocycles. The van der Waals surface area contributed by atoms with Crippen LogP contribution in [0.2, 0.25) is 0 Å². The largest absolute Gasteiger partial charge is 0.494 e. The van der Waals surface area contributed by atoms with Crippen molar-refractivity contribution in [2.24, 2.45) is 11.8 Å². The van der Waals surface area contributed by atoms with Crippen LogP contribution in [0.3, 0.4) is 0 Å². The van der Waals surface area contributed by atoms with Gasteiger partial charge in [-0.1, -0.05) is 19.8 Å². The summed E-state index contributed by atoms with van der Waals surface area (Å²) in [6, 6.07) is 6.37. The molecule has 3 saturated heterocycles. The minimum absolute atomic E-state index is 0.0240. The molecule has 1 aromatic rings. The first-order chi connectivity index (χ1) is 17.5. The van der Waals surface area contributed by atoms with Gasteiger partial charge >= 0.3 is 0 Å². The number of ether oxygens (including phenoxy) is 2. The molecule has 1 aromatic carbocycles. The molecule has 4 rings (SSSR count). The second kappa shape index (κ2) is 11.6. The highest BCUT2D eigenvalue weighted by Gasteiger charge is 2.74. The summed E-state index contributed by atoms with van der Waals surface area (Å²) in [4.78, 5) is 42.2. The lowest BCUT2D eigenvalue weighted by molar-refractivity contribution is -0.141. The number of hydrogen-bond acceptors (Lipinski definition) is 6. The number of unbranched alkanes of at least 4 members (excludes halogenated alkanes) is 3. The topological polar surface area (TPSA) is 117 Å². The van der Waals surface area contributed by atoms with Crippen LogP contribution >= 0.6 is 0 Å². The van der Waals surface area contributed by atoms with Gasteiger partial charge in [-0.25, -0.2) is 0 Å². The first-order valence-electron chi connectivity index (χ1n) is 13.4. The van der Waals surface area contributed by atoms with Crippen LogP contribution in [0.4, 0.5) is 5.69 Å². The summed E-state index contributed by atoms with van der Waals surface area (Å²) in [7, 11) is 0. The summed E-state index contributed by atoms with van der Waals surface area (Å²) in [5, 5.41) is 15.2. The number of hydrogen-bond donors (Lipinski definition) is 3. The molecular formula is C27H39N3O6. The number of rotatable bonds is 13. The van der Waals surface area contributed by atoms with Crippen molar-refractivity contribution in [3.8, 4) is 5.75 Å². The summed E-state index contributed by atoms with van der Waals surface area (Å²) >= 11 is 0. The molecule has 36 heavy (non-hydrogen) atoms. The number of benzene rings is 1. The molecule has 198 valence electrons. The Morgan fingerprint density at radius 3 is 2.61 bits per heavy atom. The van der Waals surface area contributed by atoms with E-state index in [1.54, 1.807) is 29.2 Å². The summed E-state index contributed by atoms with van der Waals surface area (Å²) in [5.74, 6) is -1.30. The lowest BCUT2D eigenvalue weighted by Crippen LogP contribution is -2.55. The third kappa shape index (κ3) is 4.95. The molecule has 9 heteroatoms. The Balaban J connectivity index is 1.54. The summed E-state index contributed by atoms with van der Waals surface area (Å²) < 4.78 is 11.9. The van der Waals surface area contributed by atoms with Gasteiger partial charge in [0.15, 0.2) is 0 Å². The van der Waals surface area contributed by atoms with Crippen LogP contribution < -0.4 is 15.4 Å². The highest BCUT2D eigenvalue weighted by Crippen LogP contribution is 2.58. The second-order valence-electron chi connectivity index (χ2n) is 9.96. The first-order valence-corrected chi connectivity index (χ1v) is 13.4. The monoisotopic (exact) mass is 501 g/mol. The minimum Gasteiger partial charge on any atom is -0.494 e. The maximum absolute atomic E-state index is 13.7. The Bertz CT molecular complexity index is 938. The summed E-state index contributed by atoms with van der Waals surface area (Å²) in [6.07, 6.45) is 4.88. The maximum Gasteiger partial charge on any atom is 0.245 e. The zero-order valence-electron chi connectivity index (χ0n) is 21.3. The number of fused-ring (bicyclic) bond motifs is 1. The molecule has 0 radical (unpaired) electrons. The molecule has 1 spiro atoms. The molecule has 3 N–H and O–H groups in total. The van der Waals surface area contributed by atoms with E-state index < -0.39 is 29.6 Å². The Kier molecular flexibility index (Phi) is 8.51. The Labute approximate surface area is 212 Å². The Hall–Kier alpha value is -2.65. The van der Waals surface area contributed by atoms with E-state index in [-0.39, 0.29) is 24.3 Å². The predicted molar refractivity (Wildman–Crippen MR) is 134 cm³/mol. The predicted octanol–water partition coefficient (Wildman–Crippen LogP) is 2.48. The van der Waals surface area contributed by atoms with Crippen LogP contribution in [-0.2, 0) is 19.1 Å². The third-order valence-electron chi connectivity index (χ3n) is 7.67. The molecule has 0 aliphatic carbocycles. The van der Waals surface area contributed by atoms with Crippen LogP contribution in [0.5, 0.6) is 5.75 Å². The van der Waals surface area contributed by atoms with Crippen LogP contribution in [-0.4, -0.2) is 71.8 Å². The Morgan fingerprint density at radius 2 is 1.92 bits per heavy atom. The van der Waals surface area contributed by atoms with Crippen molar-refractivity contribution in [2.45, 2.75) is 76.5 Å². The number of nitrogens with zero attached hydrogens (tertiary/aromatic N) is 1. The Morgan fingerprint density at radius 1 is 1.14 bits per heavy atom. The van der Waals surface area contributed by atoms with E-state index in [9.17, 15) is 19.5 Å². The van der Waals surface area contributed by atoms with Gasteiger partial charge in [-0.2, -0.15) is 0 Å². The number of aliphatic hydroxyl groups is 1. The zero-order chi connectivity index (χ0) is 25.7. The number of carbonyl (C=O) groups excluding carboxylic acids is 3. The molecular weight excluding hydrogens is 462 g/mol. The maximum atomic E-state index is 13.7. The van der Waals surface area contributed by atoms with Gasteiger partial charge in [-0.3, -0.25) is 14.4 Å². The zero-order valence-corrected chi connectivity index (χ0v) is 21.3. The van der Waals surface area contributed by atoms with Gasteiger partial charge in [0.05, 0.1) is 24.5 Å². The number of amides is 3. The van der Waals surface area contributed by atoms with Crippen LogP contribution in [0, 0.1) is 11.8 Å². The van der Waals surface area contributed by atoms with Crippen molar-refractivity contribution in [2.75, 3.05) is 31.6 Å². The van der Waals surface area contributed by atoms with Gasteiger partial charge in [-0.05, 0) is 63.3 Å². The van der Waals surface area contributed by atoms with Gasteiger partial charge in [0, 0.05) is 25.4 Å². The first kappa shape index (κ1) is 26.4. The fourth-order valence-corrected chi connectivity index (χ4v) is 6.10. The van der Waals surface area contributed by atoms with E-state index in [0.717, 1.165) is 25.0 Å². The average molecular weight is 502 g/mol. The molecule has 9 nitrogen and oxygen atoms in total. The molecule has 5 atom stereocenters. The van der Waals surface area contributed by atoms with Crippen LogP contribution in [0.15, 0.2) is 24.3 Å². The normalized spacial score (nSPS) is 28.3. The van der Waals surface area contributed by atoms with Crippen molar-refractivity contribution >= 4 is 23.4 Å². The van der Waals surface area contributed by atoms with Gasteiger partial charge in [0.2, 0.25) is 17.7 Å². The van der Waals surface area contributed by atoms with Crippen molar-refractivity contribution in [1.29, 1.82) is 0 Å². The van der Waals surface area contributed by atoms with Crippen molar-refractivity contribution < 1.29 is 29.0 Å². The van der Waals surface area contributed by atoms with Crippen LogP contribution in [0.25, 0.3) is 0 Å². The SMILES string of the molecule is CCCCCNC(=O)C1N(CCCCO)C(=O)[C@@H]2[C@H](C(=O)Nc3ccc(OCC)cc3)[C@@H]3CCC12O3. The number of aliphatic hydroxyl groups excluding tert-OH is 1. The molecule has 3 amide bonds. The fourth-order valence-electron chi connectivity index (χ4n) is 6.10. The molecule has 3 aliphatic rings. The standard InChI is InChI=1S/C27H39N3O6/c1-3-5-6-15-28-25(33)23-27-14-13-20(36-27)21(22(27)26(34)30(23)16-7-8-17-31)24(32)29-18-9-11-19(12-10-18)35-4-2/h9-12,20-23,31H,3-8,13-17H2,1-2H3,(H,28,33)(H,29,32)/t20-,21+,22-,23?,27?/m0/s1. The smallest absolute Gasteiger partial charge is 0.245 e. The molecule has 0 aromatic heterocycles. The van der Waals surface area contributed by atoms with E-state index >= 15 is 0 Å². The van der Waals surface area contributed by atoms with Crippen molar-refractivity contribution in [1.82, 2.24) is 10.2 Å². The molecule has 3 fully saturated rings. The highest BCUT2D eigenvalue weighted by atomic mass is 16.5. The third-order valence-corrected chi connectivity index (χ3v) is 7.67. The number of likely N-dealkylation sites (tertiary alicyclic amines) is 1. The van der Waals surface area contributed by atoms with Gasteiger partial charge in [0.1, 0.15) is 17.4 Å². The summed E-state index contributed by atoms with van der Waals surface area (Å²) in [5.41, 5.74) is -0.368. The van der Waals surface area contributed by atoms with E-state index in [0.29, 0.717) is 51.1 Å². The quantitative estimate of drug-likeness (QED) is 0.358. The van der Waals surface area contributed by atoms with E-state index in [4.69, 9.17) is 9.47 Å². The van der Waals surface area contributed by atoms with E-state index in [2.05, 4.69) is 17.6 Å². The number of nitrogens with one attached hydrogen (secondary N) is 2. The molecule has 3 heterocycles. The fraction of sp³-hybridized carbons (Fsp3) is 0.667. The minimum atomic E-state index is -0.989. The molecule has 2 bridgehead atoms.